The van der Waals surface area contributed by atoms with E-state index >= 15 is 0 Å². The van der Waals surface area contributed by atoms with Crippen LogP contribution in [0.25, 0.3) is 0 Å². The molecule has 2 N–H and O–H groups in total. The average Bonchev–Trinajstić information content (AvgIpc) is 3.10. The van der Waals surface area contributed by atoms with Crippen LogP contribution < -0.4 is 10.6 Å². The molecule has 0 unspecified atom stereocenters. The van der Waals surface area contributed by atoms with Gasteiger partial charge in [-0.15, -0.1) is 0 Å². The molecule has 0 aromatic rings. The third-order valence-electron chi connectivity index (χ3n) is 5.26. The number of carbonyl (C=O) groups is 1. The molecule has 4 nitrogen and oxygen atoms in total. The normalized spacial score (nSPS) is 33.9. The van der Waals surface area contributed by atoms with Gasteiger partial charge in [-0.05, 0) is 49.7 Å². The summed E-state index contributed by atoms with van der Waals surface area (Å²) in [5.41, 5.74) is 0.464. The van der Waals surface area contributed by atoms with Crippen molar-refractivity contribution in [1.29, 1.82) is 0 Å². The van der Waals surface area contributed by atoms with Crippen molar-refractivity contribution >= 4 is 17.8 Å². The van der Waals surface area contributed by atoms with Gasteiger partial charge in [-0.1, -0.05) is 13.3 Å². The third-order valence-corrected chi connectivity index (χ3v) is 6.48. The Morgan fingerprint density at radius 3 is 2.90 bits per heavy atom. The van der Waals surface area contributed by atoms with Crippen molar-refractivity contribution in [2.24, 2.45) is 5.41 Å². The number of ether oxygens (including phenoxy) is 1. The first-order valence-corrected chi connectivity index (χ1v) is 9.57. The average molecular weight is 312 g/mol. The van der Waals surface area contributed by atoms with Crippen molar-refractivity contribution in [3.8, 4) is 0 Å². The highest BCUT2D eigenvalue weighted by molar-refractivity contribution is 7.99. The zero-order chi connectivity index (χ0) is 14.8. The monoisotopic (exact) mass is 312 g/mol. The summed E-state index contributed by atoms with van der Waals surface area (Å²) >= 11 is 1.97. The van der Waals surface area contributed by atoms with Crippen LogP contribution >= 0.6 is 11.8 Å². The number of hydrogen-bond acceptors (Lipinski definition) is 3. The van der Waals surface area contributed by atoms with Crippen molar-refractivity contribution in [3.63, 3.8) is 0 Å². The van der Waals surface area contributed by atoms with E-state index in [1.54, 1.807) is 0 Å². The molecular formula is C16H28N2O2S. The molecule has 0 bridgehead atoms. The fraction of sp³-hybridized carbons (Fsp3) is 0.938. The molecule has 1 saturated carbocycles. The topological polar surface area (TPSA) is 50.4 Å². The van der Waals surface area contributed by atoms with E-state index in [1.165, 1.54) is 31.4 Å². The van der Waals surface area contributed by atoms with Crippen molar-refractivity contribution < 1.29 is 9.53 Å². The second-order valence-corrected chi connectivity index (χ2v) is 8.21. The van der Waals surface area contributed by atoms with E-state index in [-0.39, 0.29) is 17.7 Å². The SMILES string of the molecule is CCCC1(CNC(=O)N[C@H]2CCO[C@@]3(CCSC3)C2)CC1. The van der Waals surface area contributed by atoms with Crippen LogP contribution in [0.4, 0.5) is 4.79 Å². The lowest BCUT2D eigenvalue weighted by Gasteiger charge is -2.38. The maximum atomic E-state index is 12.1. The Bertz CT molecular complexity index is 378. The summed E-state index contributed by atoms with van der Waals surface area (Å²) in [6.45, 7) is 3.85. The summed E-state index contributed by atoms with van der Waals surface area (Å²) in [5, 5.41) is 6.27. The molecule has 2 atom stereocenters. The Kier molecular flexibility index (Phi) is 4.69. The number of urea groups is 1. The maximum Gasteiger partial charge on any atom is 0.315 e. The van der Waals surface area contributed by atoms with Crippen LogP contribution in [-0.2, 0) is 4.74 Å². The predicted octanol–water partition coefficient (Wildman–Crippen LogP) is 2.92. The standard InChI is InChI=1S/C16H28N2O2S/c1-2-4-15(5-6-15)11-17-14(19)18-13-3-8-20-16(10-13)7-9-21-12-16/h13H,2-12H2,1H3,(H2,17,18,19)/t13-,16-/m0/s1. The summed E-state index contributed by atoms with van der Waals surface area (Å²) in [7, 11) is 0. The Labute approximate surface area is 132 Å². The van der Waals surface area contributed by atoms with Gasteiger partial charge in [0.2, 0.25) is 0 Å². The Morgan fingerprint density at radius 2 is 2.24 bits per heavy atom. The molecule has 1 aliphatic carbocycles. The first-order valence-electron chi connectivity index (χ1n) is 8.41. The van der Waals surface area contributed by atoms with Crippen LogP contribution in [0, 0.1) is 5.41 Å². The van der Waals surface area contributed by atoms with Gasteiger partial charge in [0.15, 0.2) is 0 Å². The number of nitrogens with one attached hydrogen (secondary N) is 2. The van der Waals surface area contributed by atoms with Crippen LogP contribution in [0.2, 0.25) is 0 Å². The Balaban J connectivity index is 1.42. The van der Waals surface area contributed by atoms with Crippen LogP contribution in [0.3, 0.4) is 0 Å². The zero-order valence-corrected chi connectivity index (χ0v) is 13.9. The molecule has 120 valence electrons. The number of rotatable bonds is 5. The Morgan fingerprint density at radius 1 is 1.38 bits per heavy atom. The smallest absolute Gasteiger partial charge is 0.315 e. The van der Waals surface area contributed by atoms with Gasteiger partial charge in [0.05, 0.1) is 5.60 Å². The van der Waals surface area contributed by atoms with Gasteiger partial charge >= 0.3 is 6.03 Å². The molecule has 2 amide bonds. The van der Waals surface area contributed by atoms with Crippen molar-refractivity contribution in [3.05, 3.63) is 0 Å². The van der Waals surface area contributed by atoms with Crippen LogP contribution in [0.15, 0.2) is 0 Å². The quantitative estimate of drug-likeness (QED) is 0.820. The van der Waals surface area contributed by atoms with Gasteiger partial charge in [-0.2, -0.15) is 11.8 Å². The van der Waals surface area contributed by atoms with Gasteiger partial charge in [0, 0.05) is 24.9 Å². The summed E-state index contributed by atoms with van der Waals surface area (Å²) in [6.07, 6.45) is 8.07. The van der Waals surface area contributed by atoms with Crippen molar-refractivity contribution in [2.45, 2.75) is 63.5 Å². The van der Waals surface area contributed by atoms with Crippen LogP contribution in [0.1, 0.15) is 51.9 Å². The summed E-state index contributed by atoms with van der Waals surface area (Å²) in [6, 6.07) is 0.295. The molecule has 2 aliphatic heterocycles. The predicted molar refractivity (Wildman–Crippen MR) is 86.8 cm³/mol. The lowest BCUT2D eigenvalue weighted by Crippen LogP contribution is -2.51. The largest absolute Gasteiger partial charge is 0.374 e. The number of thioether (sulfide) groups is 1. The van der Waals surface area contributed by atoms with E-state index in [2.05, 4.69) is 17.6 Å². The molecule has 5 heteroatoms. The summed E-state index contributed by atoms with van der Waals surface area (Å²) < 4.78 is 6.00. The second kappa shape index (κ2) is 6.37. The van der Waals surface area contributed by atoms with E-state index in [0.717, 1.165) is 38.2 Å². The number of amides is 2. The molecule has 0 radical (unpaired) electrons. The summed E-state index contributed by atoms with van der Waals surface area (Å²) in [5.74, 6) is 2.28. The highest BCUT2D eigenvalue weighted by atomic mass is 32.2. The van der Waals surface area contributed by atoms with Gasteiger partial charge < -0.3 is 15.4 Å². The molecule has 1 spiro atoms. The molecule has 3 aliphatic rings. The minimum atomic E-state index is 0.0186. The van der Waals surface area contributed by atoms with E-state index in [1.807, 2.05) is 11.8 Å². The zero-order valence-electron chi connectivity index (χ0n) is 13.1. The van der Waals surface area contributed by atoms with Crippen LogP contribution in [0.5, 0.6) is 0 Å². The summed E-state index contributed by atoms with van der Waals surface area (Å²) in [4.78, 5) is 12.1. The minimum Gasteiger partial charge on any atom is -0.374 e. The second-order valence-electron chi connectivity index (χ2n) is 7.10. The highest BCUT2D eigenvalue weighted by Crippen LogP contribution is 2.48. The molecule has 3 rings (SSSR count). The first-order chi connectivity index (χ1) is 10.2. The first kappa shape index (κ1) is 15.5. The number of hydrogen-bond donors (Lipinski definition) is 2. The van der Waals surface area contributed by atoms with Gasteiger partial charge in [-0.3, -0.25) is 0 Å². The van der Waals surface area contributed by atoms with E-state index in [0.29, 0.717) is 5.41 Å². The molecule has 0 aromatic heterocycles. The van der Waals surface area contributed by atoms with Gasteiger partial charge in [-0.25, -0.2) is 4.79 Å². The fourth-order valence-corrected chi connectivity index (χ4v) is 5.12. The van der Waals surface area contributed by atoms with Crippen molar-refractivity contribution in [2.75, 3.05) is 24.7 Å². The lowest BCUT2D eigenvalue weighted by atomic mass is 9.90. The Hall–Kier alpha value is -0.420. The lowest BCUT2D eigenvalue weighted by molar-refractivity contribution is -0.0684. The molecular weight excluding hydrogens is 284 g/mol. The fourth-order valence-electron chi connectivity index (χ4n) is 3.74. The van der Waals surface area contributed by atoms with Gasteiger partial charge in [0.25, 0.3) is 0 Å². The van der Waals surface area contributed by atoms with E-state index < -0.39 is 0 Å². The molecule has 2 heterocycles. The van der Waals surface area contributed by atoms with E-state index in [4.69, 9.17) is 4.74 Å². The highest BCUT2D eigenvalue weighted by Gasteiger charge is 2.42. The molecule has 2 saturated heterocycles. The van der Waals surface area contributed by atoms with E-state index in [9.17, 15) is 4.79 Å². The molecule has 21 heavy (non-hydrogen) atoms. The number of carbonyl (C=O) groups excluding carboxylic acids is 1. The van der Waals surface area contributed by atoms with Gasteiger partial charge in [0.1, 0.15) is 0 Å². The molecule has 0 aromatic carbocycles. The minimum absolute atomic E-state index is 0.0186. The third kappa shape index (κ3) is 3.86. The molecule has 3 fully saturated rings. The van der Waals surface area contributed by atoms with Crippen molar-refractivity contribution in [1.82, 2.24) is 10.6 Å². The maximum absolute atomic E-state index is 12.1. The van der Waals surface area contributed by atoms with Crippen LogP contribution in [-0.4, -0.2) is 42.3 Å².